The number of aromatic nitrogens is 1. The molecule has 0 bridgehead atoms. The molecular weight excluding hydrogens is 528 g/mol. The first kappa shape index (κ1) is 23.5. The highest BCUT2D eigenvalue weighted by Crippen LogP contribution is 2.49. The molecule has 3 aromatic carbocycles. The van der Waals surface area contributed by atoms with Crippen molar-refractivity contribution in [3.63, 3.8) is 0 Å². The molecule has 2 amide bonds. The predicted molar refractivity (Wildman–Crippen MR) is 130 cm³/mol. The molecule has 4 heterocycles. The number of benzene rings is 3. The van der Waals surface area contributed by atoms with E-state index in [0.717, 1.165) is 35.6 Å². The maximum Gasteiger partial charge on any atom is 0.259 e. The Hall–Kier alpha value is -3.58. The number of ether oxygens (including phenoxy) is 1. The average molecular weight is 544 g/mol. The number of halogens is 4. The van der Waals surface area contributed by atoms with Gasteiger partial charge in [-0.3, -0.25) is 14.9 Å². The highest BCUT2D eigenvalue weighted by molar-refractivity contribution is 7.26. The Balaban J connectivity index is 1.74. The second kappa shape index (κ2) is 7.96. The van der Waals surface area contributed by atoms with Gasteiger partial charge in [0.1, 0.15) is 6.23 Å². The molecule has 7 nitrogen and oxygen atoms in total. The van der Waals surface area contributed by atoms with Gasteiger partial charge in [0.25, 0.3) is 11.8 Å². The topological polar surface area (TPSA) is 101 Å². The number of carbonyl (C=O) groups excluding carboxylic acids is 2. The fraction of sp³-hybridized carbons (Fsp3) is 0.231. The number of fused-ring (bicyclic) bond motifs is 10. The number of hydrogen-bond acceptors (Lipinski definition) is 6. The monoisotopic (exact) mass is 544 g/mol. The van der Waals surface area contributed by atoms with Crippen LogP contribution in [0, 0.1) is 23.3 Å². The van der Waals surface area contributed by atoms with E-state index in [-0.39, 0.29) is 61.2 Å². The Morgan fingerprint density at radius 1 is 0.921 bits per heavy atom. The molecule has 2 aliphatic heterocycles. The Labute approximate surface area is 213 Å². The number of rotatable bonds is 2. The number of imide groups is 1. The lowest BCUT2D eigenvalue weighted by Gasteiger charge is -2.34. The number of nitrogens with zero attached hydrogens (tertiary/aromatic N) is 1. The molecule has 5 aromatic rings. The third-order valence-electron chi connectivity index (χ3n) is 7.27. The second-order valence-corrected chi connectivity index (χ2v) is 10.6. The van der Waals surface area contributed by atoms with Gasteiger partial charge in [-0.25, -0.2) is 17.6 Å². The van der Waals surface area contributed by atoms with E-state index in [1.807, 2.05) is 0 Å². The maximum absolute atomic E-state index is 14.6. The fourth-order valence-corrected chi connectivity index (χ4v) is 7.03. The zero-order valence-corrected chi connectivity index (χ0v) is 20.0. The van der Waals surface area contributed by atoms with Crippen LogP contribution in [0.25, 0.3) is 42.0 Å². The van der Waals surface area contributed by atoms with Crippen molar-refractivity contribution in [2.75, 3.05) is 6.61 Å². The van der Waals surface area contributed by atoms with Gasteiger partial charge in [0.05, 0.1) is 45.7 Å². The summed E-state index contributed by atoms with van der Waals surface area (Å²) in [5.74, 6) is -6.15. The first-order valence-corrected chi connectivity index (χ1v) is 12.5. The average Bonchev–Trinajstić information content (AvgIpc) is 3.48. The molecule has 38 heavy (non-hydrogen) atoms. The van der Waals surface area contributed by atoms with Crippen LogP contribution < -0.4 is 5.32 Å². The van der Waals surface area contributed by atoms with E-state index in [2.05, 4.69) is 5.32 Å². The number of thiophene rings is 1. The number of hydrogen-bond donors (Lipinski definition) is 3. The highest BCUT2D eigenvalue weighted by atomic mass is 32.1. The number of nitrogens with one attached hydrogen (secondary N) is 1. The predicted octanol–water partition coefficient (Wildman–Crippen LogP) is 4.63. The van der Waals surface area contributed by atoms with Crippen molar-refractivity contribution in [1.82, 2.24) is 9.88 Å². The molecule has 2 aliphatic rings. The normalized spacial score (nSPS) is 21.8. The van der Waals surface area contributed by atoms with Crippen molar-refractivity contribution >= 4 is 65.1 Å². The van der Waals surface area contributed by atoms with Crippen molar-refractivity contribution in [3.05, 3.63) is 58.7 Å². The summed E-state index contributed by atoms with van der Waals surface area (Å²) in [5, 5.41) is 23.1. The van der Waals surface area contributed by atoms with Gasteiger partial charge in [0, 0.05) is 45.2 Å². The van der Waals surface area contributed by atoms with Crippen LogP contribution >= 0.6 is 11.3 Å². The number of aliphatic hydroxyl groups is 2. The van der Waals surface area contributed by atoms with Crippen molar-refractivity contribution in [1.29, 1.82) is 0 Å². The maximum atomic E-state index is 14.6. The Morgan fingerprint density at radius 2 is 1.55 bits per heavy atom. The summed E-state index contributed by atoms with van der Waals surface area (Å²) in [6.07, 6.45) is -2.48. The molecule has 3 atom stereocenters. The van der Waals surface area contributed by atoms with Crippen LogP contribution in [-0.4, -0.2) is 45.4 Å². The summed E-state index contributed by atoms with van der Waals surface area (Å²) in [6.45, 7) is -0.406. The lowest BCUT2D eigenvalue weighted by Crippen LogP contribution is -2.35. The minimum absolute atomic E-state index is 0.0201. The van der Waals surface area contributed by atoms with Gasteiger partial charge in [-0.15, -0.1) is 11.3 Å². The van der Waals surface area contributed by atoms with E-state index in [9.17, 15) is 37.4 Å². The molecule has 194 valence electrons. The summed E-state index contributed by atoms with van der Waals surface area (Å²) < 4.78 is 65.8. The van der Waals surface area contributed by atoms with Gasteiger partial charge >= 0.3 is 0 Å². The quantitative estimate of drug-likeness (QED) is 0.222. The molecule has 0 aliphatic carbocycles. The van der Waals surface area contributed by atoms with E-state index in [0.29, 0.717) is 4.70 Å². The standard InChI is InChI=1S/C26H16F4N2O5S/c27-12-3-10-16(5-14(12)29)32(18-2-8(34)1-9(7-33)37-18)23-19(10)21-22(26(36)31-25(21)35)20-11-4-13(28)15(30)6-17(11)38-24(20)23/h3-6,8-9,18,33-34H,1-2,7H2,(H,31,35,36). The zero-order chi connectivity index (χ0) is 26.6. The van der Waals surface area contributed by atoms with Crippen LogP contribution in [0.4, 0.5) is 17.6 Å². The van der Waals surface area contributed by atoms with E-state index < -0.39 is 60.1 Å². The molecular formula is C26H16F4N2O5S. The van der Waals surface area contributed by atoms with Crippen LogP contribution in [0.5, 0.6) is 0 Å². The van der Waals surface area contributed by atoms with Crippen molar-refractivity contribution in [3.8, 4) is 0 Å². The smallest absolute Gasteiger partial charge is 0.259 e. The minimum atomic E-state index is -1.19. The van der Waals surface area contributed by atoms with E-state index in [4.69, 9.17) is 4.74 Å². The number of carbonyl (C=O) groups is 2. The number of aliphatic hydroxyl groups excluding tert-OH is 2. The lowest BCUT2D eigenvalue weighted by molar-refractivity contribution is -0.138. The first-order valence-electron chi connectivity index (χ1n) is 11.7. The molecule has 0 saturated carbocycles. The lowest BCUT2D eigenvalue weighted by atomic mass is 9.96. The summed E-state index contributed by atoms with van der Waals surface area (Å²) in [7, 11) is 0. The molecule has 7 rings (SSSR count). The van der Waals surface area contributed by atoms with E-state index in [1.54, 1.807) is 0 Å². The zero-order valence-electron chi connectivity index (χ0n) is 19.1. The van der Waals surface area contributed by atoms with Gasteiger partial charge in [-0.2, -0.15) is 0 Å². The number of amides is 2. The van der Waals surface area contributed by atoms with Crippen molar-refractivity contribution in [2.45, 2.75) is 31.3 Å². The largest absolute Gasteiger partial charge is 0.394 e. The van der Waals surface area contributed by atoms with Gasteiger partial charge in [-0.05, 0) is 18.2 Å². The molecule has 3 unspecified atom stereocenters. The van der Waals surface area contributed by atoms with E-state index >= 15 is 0 Å². The molecule has 12 heteroatoms. The molecule has 0 spiro atoms. The van der Waals surface area contributed by atoms with Crippen LogP contribution in [0.1, 0.15) is 39.8 Å². The molecule has 1 fully saturated rings. The molecule has 2 aromatic heterocycles. The highest BCUT2D eigenvalue weighted by Gasteiger charge is 2.38. The minimum Gasteiger partial charge on any atom is -0.394 e. The first-order chi connectivity index (χ1) is 18.2. The van der Waals surface area contributed by atoms with Crippen LogP contribution in [0.3, 0.4) is 0 Å². The summed E-state index contributed by atoms with van der Waals surface area (Å²) >= 11 is 1.02. The van der Waals surface area contributed by atoms with Crippen molar-refractivity contribution in [2.24, 2.45) is 0 Å². The van der Waals surface area contributed by atoms with Crippen LogP contribution in [0.2, 0.25) is 0 Å². The summed E-state index contributed by atoms with van der Waals surface area (Å²) in [5.41, 5.74) is 0.191. The van der Waals surface area contributed by atoms with Crippen LogP contribution in [-0.2, 0) is 4.74 Å². The van der Waals surface area contributed by atoms with Gasteiger partial charge in [0.2, 0.25) is 0 Å². The second-order valence-electron chi connectivity index (χ2n) is 9.50. The fourth-order valence-electron chi connectivity index (χ4n) is 5.77. The van der Waals surface area contributed by atoms with Gasteiger partial charge in [-0.1, -0.05) is 0 Å². The van der Waals surface area contributed by atoms with Crippen LogP contribution in [0.15, 0.2) is 24.3 Å². The van der Waals surface area contributed by atoms with E-state index in [1.165, 1.54) is 4.57 Å². The van der Waals surface area contributed by atoms with Gasteiger partial charge in [0.15, 0.2) is 23.3 Å². The third-order valence-corrected chi connectivity index (χ3v) is 8.43. The summed E-state index contributed by atoms with van der Waals surface area (Å²) in [6, 6.07) is 3.78. The molecule has 1 saturated heterocycles. The SMILES string of the molecule is O=C1NC(=O)c2c1c1c3cc(F)c(F)cc3sc1c1c2c2cc(F)c(F)cc2n1C1CC(O)CC(CO)O1. The Bertz CT molecular complexity index is 1900. The van der Waals surface area contributed by atoms with Gasteiger partial charge < -0.3 is 19.5 Å². The van der Waals surface area contributed by atoms with Crippen molar-refractivity contribution < 1.29 is 42.1 Å². The molecule has 0 radical (unpaired) electrons. The summed E-state index contributed by atoms with van der Waals surface area (Å²) in [4.78, 5) is 26.1. The Kier molecular flexibility index (Phi) is 4.93. The Morgan fingerprint density at radius 3 is 2.26 bits per heavy atom. The molecule has 3 N–H and O–H groups in total. The third kappa shape index (κ3) is 3.05.